The largest absolute Gasteiger partial charge is 0.458 e. The van der Waals surface area contributed by atoms with E-state index in [-0.39, 0.29) is 6.61 Å². The van der Waals surface area contributed by atoms with E-state index >= 15 is 0 Å². The van der Waals surface area contributed by atoms with Gasteiger partial charge in [-0.05, 0) is 24.1 Å². The SMILES string of the molecule is Cc1ccc(COC(=O)/C=C/c2cn(Cc3ccccc3)nn2)cc1. The minimum absolute atomic E-state index is 0.254. The third-order valence-corrected chi connectivity index (χ3v) is 3.64. The lowest BCUT2D eigenvalue weighted by atomic mass is 10.2. The second-order valence-corrected chi connectivity index (χ2v) is 5.75. The topological polar surface area (TPSA) is 57.0 Å². The third-order valence-electron chi connectivity index (χ3n) is 3.64. The van der Waals surface area contributed by atoms with Crippen molar-refractivity contribution in [1.82, 2.24) is 15.0 Å². The zero-order valence-corrected chi connectivity index (χ0v) is 14.0. The Bertz CT molecular complexity index is 852. The maximum absolute atomic E-state index is 11.8. The number of ether oxygens (including phenoxy) is 1. The molecule has 0 saturated carbocycles. The molecular formula is C20H19N3O2. The second kappa shape index (κ2) is 8.06. The van der Waals surface area contributed by atoms with Crippen LogP contribution in [0.2, 0.25) is 0 Å². The van der Waals surface area contributed by atoms with Gasteiger partial charge in [-0.2, -0.15) is 0 Å². The van der Waals surface area contributed by atoms with E-state index in [1.807, 2.05) is 61.5 Å². The van der Waals surface area contributed by atoms with E-state index < -0.39 is 5.97 Å². The second-order valence-electron chi connectivity index (χ2n) is 5.75. The molecule has 126 valence electrons. The molecule has 5 nitrogen and oxygen atoms in total. The maximum atomic E-state index is 11.8. The molecule has 0 spiro atoms. The normalized spacial score (nSPS) is 10.9. The molecule has 3 aromatic rings. The molecule has 2 aromatic carbocycles. The first-order chi connectivity index (χ1) is 12.2. The Labute approximate surface area is 146 Å². The summed E-state index contributed by atoms with van der Waals surface area (Å²) in [5, 5.41) is 8.09. The highest BCUT2D eigenvalue weighted by atomic mass is 16.5. The van der Waals surface area contributed by atoms with Crippen molar-refractivity contribution in [2.75, 3.05) is 0 Å². The number of esters is 1. The lowest BCUT2D eigenvalue weighted by Crippen LogP contribution is -2.00. The van der Waals surface area contributed by atoms with E-state index in [9.17, 15) is 4.79 Å². The van der Waals surface area contributed by atoms with Crippen molar-refractivity contribution in [2.24, 2.45) is 0 Å². The average Bonchev–Trinajstić information content (AvgIpc) is 3.08. The molecule has 1 aromatic heterocycles. The van der Waals surface area contributed by atoms with Gasteiger partial charge in [0.1, 0.15) is 12.3 Å². The number of carbonyl (C=O) groups is 1. The van der Waals surface area contributed by atoms with Gasteiger partial charge in [0.25, 0.3) is 0 Å². The first-order valence-electron chi connectivity index (χ1n) is 8.03. The summed E-state index contributed by atoms with van der Waals surface area (Å²) in [6, 6.07) is 17.9. The van der Waals surface area contributed by atoms with Gasteiger partial charge in [-0.1, -0.05) is 65.4 Å². The minimum atomic E-state index is -0.404. The van der Waals surface area contributed by atoms with Crippen LogP contribution in [-0.2, 0) is 22.7 Å². The number of aromatic nitrogens is 3. The van der Waals surface area contributed by atoms with Gasteiger partial charge in [0.05, 0.1) is 12.7 Å². The number of hydrogen-bond donors (Lipinski definition) is 0. The van der Waals surface area contributed by atoms with E-state index in [1.165, 1.54) is 11.6 Å². The maximum Gasteiger partial charge on any atom is 0.331 e. The fourth-order valence-corrected chi connectivity index (χ4v) is 2.28. The predicted molar refractivity (Wildman–Crippen MR) is 95.6 cm³/mol. The number of rotatable bonds is 6. The number of nitrogens with zero attached hydrogens (tertiary/aromatic N) is 3. The highest BCUT2D eigenvalue weighted by Crippen LogP contribution is 2.06. The van der Waals surface area contributed by atoms with Crippen molar-refractivity contribution in [3.05, 3.63) is 89.3 Å². The summed E-state index contributed by atoms with van der Waals surface area (Å²) in [5.41, 5.74) is 3.89. The molecule has 0 amide bonds. The number of aryl methyl sites for hydroxylation is 1. The van der Waals surface area contributed by atoms with Crippen LogP contribution in [0.1, 0.15) is 22.4 Å². The molecule has 0 unspecified atom stereocenters. The van der Waals surface area contributed by atoms with E-state index in [2.05, 4.69) is 10.3 Å². The fourth-order valence-electron chi connectivity index (χ4n) is 2.28. The van der Waals surface area contributed by atoms with Gasteiger partial charge in [-0.25, -0.2) is 9.48 Å². The number of carbonyl (C=O) groups excluding carboxylic acids is 1. The van der Waals surface area contributed by atoms with Gasteiger partial charge in [-0.15, -0.1) is 5.10 Å². The van der Waals surface area contributed by atoms with Gasteiger partial charge in [0.15, 0.2) is 0 Å². The lowest BCUT2D eigenvalue weighted by molar-refractivity contribution is -0.138. The van der Waals surface area contributed by atoms with Crippen LogP contribution in [0.4, 0.5) is 0 Å². The van der Waals surface area contributed by atoms with Crippen LogP contribution in [0.25, 0.3) is 6.08 Å². The van der Waals surface area contributed by atoms with Crippen molar-refractivity contribution < 1.29 is 9.53 Å². The molecule has 1 heterocycles. The molecule has 3 rings (SSSR count). The van der Waals surface area contributed by atoms with Crippen molar-refractivity contribution in [3.8, 4) is 0 Å². The molecule has 0 fully saturated rings. The van der Waals surface area contributed by atoms with Crippen LogP contribution < -0.4 is 0 Å². The zero-order chi connectivity index (χ0) is 17.5. The van der Waals surface area contributed by atoms with Crippen molar-refractivity contribution in [2.45, 2.75) is 20.1 Å². The van der Waals surface area contributed by atoms with Crippen LogP contribution in [0.15, 0.2) is 66.9 Å². The summed E-state index contributed by atoms with van der Waals surface area (Å²) in [5.74, 6) is -0.404. The molecular weight excluding hydrogens is 314 g/mol. The summed E-state index contributed by atoms with van der Waals surface area (Å²) in [7, 11) is 0. The van der Waals surface area contributed by atoms with E-state index in [4.69, 9.17) is 4.74 Å². The Balaban J connectivity index is 1.51. The Kier molecular flexibility index (Phi) is 5.36. The van der Waals surface area contributed by atoms with Gasteiger partial charge in [0.2, 0.25) is 0 Å². The molecule has 0 radical (unpaired) electrons. The van der Waals surface area contributed by atoms with E-state index in [0.717, 1.165) is 11.1 Å². The number of benzene rings is 2. The highest BCUT2D eigenvalue weighted by Gasteiger charge is 2.02. The summed E-state index contributed by atoms with van der Waals surface area (Å²) < 4.78 is 6.94. The summed E-state index contributed by atoms with van der Waals surface area (Å²) in [6.45, 7) is 2.91. The highest BCUT2D eigenvalue weighted by molar-refractivity contribution is 5.86. The molecule has 0 aliphatic carbocycles. The monoisotopic (exact) mass is 333 g/mol. The molecule has 0 bridgehead atoms. The molecule has 0 saturated heterocycles. The van der Waals surface area contributed by atoms with Crippen LogP contribution in [-0.4, -0.2) is 21.0 Å². The first kappa shape index (κ1) is 16.6. The molecule has 0 N–H and O–H groups in total. The minimum Gasteiger partial charge on any atom is -0.458 e. The van der Waals surface area contributed by atoms with Gasteiger partial charge in [-0.3, -0.25) is 0 Å². The quantitative estimate of drug-likeness (QED) is 0.512. The Morgan fingerprint density at radius 2 is 1.84 bits per heavy atom. The predicted octanol–water partition coefficient (Wildman–Crippen LogP) is 3.39. The number of hydrogen-bond acceptors (Lipinski definition) is 4. The molecule has 25 heavy (non-hydrogen) atoms. The van der Waals surface area contributed by atoms with Crippen LogP contribution in [0.5, 0.6) is 0 Å². The summed E-state index contributed by atoms with van der Waals surface area (Å²) in [4.78, 5) is 11.8. The first-order valence-corrected chi connectivity index (χ1v) is 8.03. The van der Waals surface area contributed by atoms with Gasteiger partial charge in [0, 0.05) is 6.08 Å². The summed E-state index contributed by atoms with van der Waals surface area (Å²) in [6.07, 6.45) is 4.76. The smallest absolute Gasteiger partial charge is 0.331 e. The van der Waals surface area contributed by atoms with Crippen LogP contribution in [0, 0.1) is 6.92 Å². The molecule has 0 aliphatic heterocycles. The molecule has 0 atom stereocenters. The fraction of sp³-hybridized carbons (Fsp3) is 0.150. The molecule has 5 heteroatoms. The lowest BCUT2D eigenvalue weighted by Gasteiger charge is -2.02. The Hall–Kier alpha value is -3.21. The Morgan fingerprint density at radius 1 is 1.08 bits per heavy atom. The average molecular weight is 333 g/mol. The van der Waals surface area contributed by atoms with Crippen LogP contribution >= 0.6 is 0 Å². The molecule has 0 aliphatic rings. The standard InChI is InChI=1S/C20H19N3O2/c1-16-7-9-18(10-8-16)15-25-20(24)12-11-19-14-23(22-21-19)13-17-5-3-2-4-6-17/h2-12,14H,13,15H2,1H3/b12-11+. The summed E-state index contributed by atoms with van der Waals surface area (Å²) >= 11 is 0. The van der Waals surface area contributed by atoms with Gasteiger partial charge >= 0.3 is 5.97 Å². The van der Waals surface area contributed by atoms with E-state index in [1.54, 1.807) is 17.0 Å². The van der Waals surface area contributed by atoms with Gasteiger partial charge < -0.3 is 4.74 Å². The van der Waals surface area contributed by atoms with E-state index in [0.29, 0.717) is 12.2 Å². The van der Waals surface area contributed by atoms with Crippen molar-refractivity contribution in [3.63, 3.8) is 0 Å². The Morgan fingerprint density at radius 3 is 2.60 bits per heavy atom. The third kappa shape index (κ3) is 5.14. The van der Waals surface area contributed by atoms with Crippen LogP contribution in [0.3, 0.4) is 0 Å². The van der Waals surface area contributed by atoms with Crippen molar-refractivity contribution in [1.29, 1.82) is 0 Å². The zero-order valence-electron chi connectivity index (χ0n) is 14.0. The van der Waals surface area contributed by atoms with Crippen molar-refractivity contribution >= 4 is 12.0 Å².